The molecule has 22 heavy (non-hydrogen) atoms. The fourth-order valence-corrected chi connectivity index (χ4v) is 3.73. The molecule has 2 aliphatic rings. The molecular weight excluding hydrogens is 278 g/mol. The molecule has 2 fully saturated rings. The molecule has 1 aliphatic heterocycles. The van der Waals surface area contributed by atoms with E-state index in [0.29, 0.717) is 38.5 Å². The summed E-state index contributed by atoms with van der Waals surface area (Å²) in [7, 11) is 0. The van der Waals surface area contributed by atoms with Gasteiger partial charge in [-0.3, -0.25) is 9.59 Å². The zero-order chi connectivity index (χ0) is 16.2. The van der Waals surface area contributed by atoms with Gasteiger partial charge in [-0.15, -0.1) is 0 Å². The van der Waals surface area contributed by atoms with Gasteiger partial charge in [0, 0.05) is 32.1 Å². The number of hydrogen-bond donors (Lipinski definition) is 1. The van der Waals surface area contributed by atoms with E-state index >= 15 is 0 Å². The molecule has 0 bridgehead atoms. The van der Waals surface area contributed by atoms with E-state index in [2.05, 4.69) is 0 Å². The fraction of sp³-hybridized carbons (Fsp3) is 0.882. The lowest BCUT2D eigenvalue weighted by Crippen LogP contribution is -2.59. The predicted molar refractivity (Wildman–Crippen MR) is 87.2 cm³/mol. The summed E-state index contributed by atoms with van der Waals surface area (Å²) in [5, 5.41) is 0. The average molecular weight is 309 g/mol. The molecule has 5 heteroatoms. The molecule has 1 saturated heterocycles. The summed E-state index contributed by atoms with van der Waals surface area (Å²) in [4.78, 5) is 28.8. The van der Waals surface area contributed by atoms with E-state index in [-0.39, 0.29) is 11.8 Å². The first-order valence-electron chi connectivity index (χ1n) is 8.82. The molecule has 2 amide bonds. The molecule has 5 nitrogen and oxygen atoms in total. The lowest BCUT2D eigenvalue weighted by Gasteiger charge is -2.39. The number of carbonyl (C=O) groups is 2. The van der Waals surface area contributed by atoms with Crippen LogP contribution in [0, 0.1) is 5.92 Å². The van der Waals surface area contributed by atoms with Gasteiger partial charge in [-0.05, 0) is 26.2 Å². The maximum Gasteiger partial charge on any atom is 0.242 e. The number of piperazine rings is 1. The molecule has 2 N–H and O–H groups in total. The first-order chi connectivity index (χ1) is 10.5. The second kappa shape index (κ2) is 7.44. The summed E-state index contributed by atoms with van der Waals surface area (Å²) < 4.78 is 0. The highest BCUT2D eigenvalue weighted by Gasteiger charge is 2.35. The minimum absolute atomic E-state index is 0.0270. The average Bonchev–Trinajstić information content (AvgIpc) is 2.54. The summed E-state index contributed by atoms with van der Waals surface area (Å²) in [6.07, 6.45) is 7.30. The Morgan fingerprint density at radius 2 is 1.59 bits per heavy atom. The van der Waals surface area contributed by atoms with Gasteiger partial charge in [-0.25, -0.2) is 0 Å². The van der Waals surface area contributed by atoms with Gasteiger partial charge in [0.25, 0.3) is 0 Å². The highest BCUT2D eigenvalue weighted by Crippen LogP contribution is 2.26. The van der Waals surface area contributed by atoms with E-state index in [1.165, 1.54) is 19.3 Å². The Morgan fingerprint density at radius 3 is 2.14 bits per heavy atom. The molecule has 0 radical (unpaired) electrons. The number of amides is 2. The third kappa shape index (κ3) is 4.00. The number of nitrogens with two attached hydrogens (primary N) is 1. The Hall–Kier alpha value is -1.10. The van der Waals surface area contributed by atoms with Gasteiger partial charge in [0.2, 0.25) is 11.8 Å². The van der Waals surface area contributed by atoms with Gasteiger partial charge in [0.1, 0.15) is 0 Å². The Labute approximate surface area is 134 Å². The molecule has 1 aliphatic carbocycles. The van der Waals surface area contributed by atoms with Gasteiger partial charge in [-0.2, -0.15) is 0 Å². The summed E-state index contributed by atoms with van der Waals surface area (Å²) in [6, 6.07) is 0. The molecule has 1 atom stereocenters. The van der Waals surface area contributed by atoms with Crippen LogP contribution in [0.2, 0.25) is 0 Å². The largest absolute Gasteiger partial charge is 0.339 e. The van der Waals surface area contributed by atoms with Crippen LogP contribution in [0.5, 0.6) is 0 Å². The number of hydrogen-bond acceptors (Lipinski definition) is 3. The quantitative estimate of drug-likeness (QED) is 0.860. The van der Waals surface area contributed by atoms with Crippen molar-refractivity contribution in [3.63, 3.8) is 0 Å². The van der Waals surface area contributed by atoms with Crippen molar-refractivity contribution in [2.24, 2.45) is 11.7 Å². The maximum atomic E-state index is 12.5. The predicted octanol–water partition coefficient (Wildman–Crippen LogP) is 1.75. The fourth-order valence-electron chi connectivity index (χ4n) is 3.73. The Balaban J connectivity index is 1.84. The maximum absolute atomic E-state index is 12.5. The van der Waals surface area contributed by atoms with Gasteiger partial charge in [-0.1, -0.05) is 32.6 Å². The third-order valence-electron chi connectivity index (χ3n) is 5.09. The van der Waals surface area contributed by atoms with E-state index in [1.54, 1.807) is 0 Å². The summed E-state index contributed by atoms with van der Waals surface area (Å²) in [5.74, 6) is 0.547. The molecule has 1 heterocycles. The zero-order valence-corrected chi connectivity index (χ0v) is 14.1. The van der Waals surface area contributed by atoms with Crippen molar-refractivity contribution >= 4 is 11.8 Å². The van der Waals surface area contributed by atoms with Crippen molar-refractivity contribution in [1.29, 1.82) is 0 Å². The van der Waals surface area contributed by atoms with E-state index in [9.17, 15) is 9.59 Å². The Morgan fingerprint density at radius 1 is 1.05 bits per heavy atom. The lowest BCUT2D eigenvalue weighted by molar-refractivity contribution is -0.145. The summed E-state index contributed by atoms with van der Waals surface area (Å²) in [5.41, 5.74) is 5.37. The normalized spacial score (nSPS) is 23.2. The minimum Gasteiger partial charge on any atom is -0.339 e. The highest BCUT2D eigenvalue weighted by atomic mass is 16.2. The summed E-state index contributed by atoms with van der Waals surface area (Å²) >= 11 is 0. The van der Waals surface area contributed by atoms with Crippen LogP contribution >= 0.6 is 0 Å². The van der Waals surface area contributed by atoms with E-state index in [0.717, 1.165) is 19.3 Å². The van der Waals surface area contributed by atoms with Crippen molar-refractivity contribution in [2.75, 3.05) is 26.2 Å². The Bertz CT molecular complexity index is 395. The first kappa shape index (κ1) is 17.3. The molecule has 2 rings (SSSR count). The standard InChI is InChI=1S/C17H31N3O2/c1-3-9-17(2,18)16(22)20-12-10-19(11-13-20)15(21)14-7-5-4-6-8-14/h14H,3-13,18H2,1-2H3. The minimum atomic E-state index is -0.774. The van der Waals surface area contributed by atoms with Crippen LogP contribution in [0.25, 0.3) is 0 Å². The van der Waals surface area contributed by atoms with Crippen molar-refractivity contribution in [3.05, 3.63) is 0 Å². The third-order valence-corrected chi connectivity index (χ3v) is 5.09. The SMILES string of the molecule is CCCC(C)(N)C(=O)N1CCN(C(=O)C2CCCCC2)CC1. The van der Waals surface area contributed by atoms with E-state index < -0.39 is 5.54 Å². The van der Waals surface area contributed by atoms with Gasteiger partial charge < -0.3 is 15.5 Å². The van der Waals surface area contributed by atoms with Crippen molar-refractivity contribution in [1.82, 2.24) is 9.80 Å². The van der Waals surface area contributed by atoms with E-state index in [4.69, 9.17) is 5.73 Å². The molecular formula is C17H31N3O2. The van der Waals surface area contributed by atoms with Gasteiger partial charge in [0.15, 0.2) is 0 Å². The molecule has 1 unspecified atom stereocenters. The molecule has 126 valence electrons. The molecule has 0 aromatic carbocycles. The van der Waals surface area contributed by atoms with E-state index in [1.807, 2.05) is 23.6 Å². The van der Waals surface area contributed by atoms with Crippen LogP contribution in [0.15, 0.2) is 0 Å². The zero-order valence-electron chi connectivity index (χ0n) is 14.1. The van der Waals surface area contributed by atoms with Crippen LogP contribution in [0.3, 0.4) is 0 Å². The van der Waals surface area contributed by atoms with Crippen molar-refractivity contribution in [2.45, 2.75) is 64.3 Å². The lowest BCUT2D eigenvalue weighted by atomic mass is 9.88. The van der Waals surface area contributed by atoms with Crippen molar-refractivity contribution < 1.29 is 9.59 Å². The van der Waals surface area contributed by atoms with Crippen LogP contribution in [-0.2, 0) is 9.59 Å². The summed E-state index contributed by atoms with van der Waals surface area (Å²) in [6.45, 7) is 6.41. The van der Waals surface area contributed by atoms with Gasteiger partial charge in [0.05, 0.1) is 5.54 Å². The first-order valence-corrected chi connectivity index (χ1v) is 8.82. The topological polar surface area (TPSA) is 66.6 Å². The van der Waals surface area contributed by atoms with Crippen LogP contribution in [-0.4, -0.2) is 53.3 Å². The highest BCUT2D eigenvalue weighted by molar-refractivity contribution is 5.86. The smallest absolute Gasteiger partial charge is 0.242 e. The monoisotopic (exact) mass is 309 g/mol. The van der Waals surface area contributed by atoms with Crippen LogP contribution < -0.4 is 5.73 Å². The second-order valence-electron chi connectivity index (χ2n) is 7.12. The molecule has 0 aromatic heterocycles. The molecule has 0 spiro atoms. The van der Waals surface area contributed by atoms with Crippen LogP contribution in [0.4, 0.5) is 0 Å². The molecule has 0 aromatic rings. The number of carbonyl (C=O) groups excluding carboxylic acids is 2. The van der Waals surface area contributed by atoms with Gasteiger partial charge >= 0.3 is 0 Å². The van der Waals surface area contributed by atoms with Crippen molar-refractivity contribution in [3.8, 4) is 0 Å². The number of rotatable bonds is 4. The molecule has 1 saturated carbocycles. The Kier molecular flexibility index (Phi) is 5.84. The number of nitrogens with zero attached hydrogens (tertiary/aromatic N) is 2. The second-order valence-corrected chi connectivity index (χ2v) is 7.12. The van der Waals surface area contributed by atoms with Crippen LogP contribution in [0.1, 0.15) is 58.8 Å².